The van der Waals surface area contributed by atoms with Crippen molar-refractivity contribution in [2.45, 2.75) is 12.8 Å². The van der Waals surface area contributed by atoms with Gasteiger partial charge in [-0.2, -0.15) is 0 Å². The van der Waals surface area contributed by atoms with Gasteiger partial charge in [0, 0.05) is 16.9 Å². The number of halogens is 1. The summed E-state index contributed by atoms with van der Waals surface area (Å²) >= 11 is 0. The second-order valence-corrected chi connectivity index (χ2v) is 9.02. The Morgan fingerprint density at radius 2 is 1.56 bits per heavy atom. The SMILES string of the molecule is COC(=O)c1c(C2C(=O)Nc3ccc(F)cc32)c(-c2ccc(C)cc2)n(-c2ccc(OC)cc2)c1C(=O)OC. The molecule has 198 valence electrons. The van der Waals surface area contributed by atoms with Gasteiger partial charge in [-0.1, -0.05) is 29.8 Å². The molecule has 9 heteroatoms. The molecule has 8 nitrogen and oxygen atoms in total. The van der Waals surface area contributed by atoms with Crippen LogP contribution < -0.4 is 10.1 Å². The molecule has 39 heavy (non-hydrogen) atoms. The molecule has 1 unspecified atom stereocenters. The third-order valence-electron chi connectivity index (χ3n) is 6.77. The molecule has 3 aromatic carbocycles. The number of nitrogens with zero attached hydrogens (tertiary/aromatic N) is 1. The number of esters is 2. The lowest BCUT2D eigenvalue weighted by Gasteiger charge is -2.17. The van der Waals surface area contributed by atoms with Crippen LogP contribution in [0, 0.1) is 12.7 Å². The van der Waals surface area contributed by atoms with E-state index >= 15 is 0 Å². The van der Waals surface area contributed by atoms with Crippen LogP contribution in [0.1, 0.15) is 43.5 Å². The van der Waals surface area contributed by atoms with Crippen LogP contribution in [-0.2, 0) is 14.3 Å². The Morgan fingerprint density at radius 1 is 0.897 bits per heavy atom. The van der Waals surface area contributed by atoms with E-state index in [1.807, 2.05) is 31.2 Å². The molecule has 5 rings (SSSR count). The zero-order chi connectivity index (χ0) is 27.8. The Bertz CT molecular complexity index is 1610. The smallest absolute Gasteiger partial charge is 0.355 e. The molecular formula is C30H25FN2O6. The zero-order valence-electron chi connectivity index (χ0n) is 21.7. The second kappa shape index (κ2) is 10.1. The minimum atomic E-state index is -1.12. The maximum Gasteiger partial charge on any atom is 0.355 e. The van der Waals surface area contributed by atoms with Gasteiger partial charge >= 0.3 is 11.9 Å². The van der Waals surface area contributed by atoms with Crippen LogP contribution in [0.4, 0.5) is 10.1 Å². The molecule has 0 saturated carbocycles. The van der Waals surface area contributed by atoms with E-state index in [4.69, 9.17) is 14.2 Å². The molecule has 1 amide bonds. The largest absolute Gasteiger partial charge is 0.497 e. The minimum Gasteiger partial charge on any atom is -0.497 e. The summed E-state index contributed by atoms with van der Waals surface area (Å²) in [6, 6.07) is 18.2. The van der Waals surface area contributed by atoms with Gasteiger partial charge in [0.15, 0.2) is 0 Å². The molecule has 1 N–H and O–H groups in total. The van der Waals surface area contributed by atoms with Crippen molar-refractivity contribution >= 4 is 23.5 Å². The fourth-order valence-electron chi connectivity index (χ4n) is 4.97. The lowest BCUT2D eigenvalue weighted by atomic mass is 9.87. The van der Waals surface area contributed by atoms with E-state index in [1.54, 1.807) is 28.8 Å². The van der Waals surface area contributed by atoms with Crippen LogP contribution in [0.15, 0.2) is 66.7 Å². The van der Waals surface area contributed by atoms with Gasteiger partial charge < -0.3 is 24.1 Å². The summed E-state index contributed by atoms with van der Waals surface area (Å²) in [5.41, 5.74) is 3.16. The molecule has 2 heterocycles. The molecule has 0 bridgehead atoms. The Balaban J connectivity index is 1.97. The summed E-state index contributed by atoms with van der Waals surface area (Å²) < 4.78 is 31.6. The van der Waals surface area contributed by atoms with Gasteiger partial charge in [-0.15, -0.1) is 0 Å². The lowest BCUT2D eigenvalue weighted by Crippen LogP contribution is -2.18. The van der Waals surface area contributed by atoms with E-state index in [0.29, 0.717) is 33.9 Å². The summed E-state index contributed by atoms with van der Waals surface area (Å²) in [4.78, 5) is 40.3. The number of hydrogen-bond donors (Lipinski definition) is 1. The standard InChI is InChI=1S/C30H25FN2O6/c1-16-5-7-17(8-6-16)26-24(23-21-15-18(31)9-14-22(21)32-28(23)34)25(29(35)38-3)27(30(36)39-4)33(26)19-10-12-20(37-2)13-11-19/h5-15,23H,1-4H3,(H,32,34). The van der Waals surface area contributed by atoms with Gasteiger partial charge in [-0.05, 0) is 60.5 Å². The summed E-state index contributed by atoms with van der Waals surface area (Å²) in [7, 11) is 3.92. The predicted octanol–water partition coefficient (Wildman–Crippen LogP) is 5.26. The average Bonchev–Trinajstić information content (AvgIpc) is 3.46. The molecule has 0 saturated heterocycles. The van der Waals surface area contributed by atoms with E-state index in [9.17, 15) is 18.8 Å². The van der Waals surface area contributed by atoms with Crippen LogP contribution >= 0.6 is 0 Å². The number of carbonyl (C=O) groups is 3. The Hall–Kier alpha value is -4.92. The fourth-order valence-corrected chi connectivity index (χ4v) is 4.97. The van der Waals surface area contributed by atoms with Crippen LogP contribution in [0.2, 0.25) is 0 Å². The minimum absolute atomic E-state index is 0.127. The summed E-state index contributed by atoms with van der Waals surface area (Å²) in [6.45, 7) is 1.93. The quantitative estimate of drug-likeness (QED) is 0.343. The number of anilines is 1. The number of rotatable bonds is 6. The third-order valence-corrected chi connectivity index (χ3v) is 6.77. The van der Waals surface area contributed by atoms with Crippen molar-refractivity contribution in [2.75, 3.05) is 26.6 Å². The molecule has 1 aromatic heterocycles. The predicted molar refractivity (Wildman–Crippen MR) is 142 cm³/mol. The monoisotopic (exact) mass is 528 g/mol. The Kier molecular flexibility index (Phi) is 6.66. The van der Waals surface area contributed by atoms with Crippen LogP contribution in [-0.4, -0.2) is 43.7 Å². The van der Waals surface area contributed by atoms with Crippen LogP contribution in [0.25, 0.3) is 16.9 Å². The number of fused-ring (bicyclic) bond motifs is 1. The average molecular weight is 529 g/mol. The normalized spacial score (nSPS) is 14.0. The highest BCUT2D eigenvalue weighted by molar-refractivity contribution is 6.12. The van der Waals surface area contributed by atoms with E-state index in [2.05, 4.69) is 5.32 Å². The lowest BCUT2D eigenvalue weighted by molar-refractivity contribution is -0.116. The molecule has 0 radical (unpaired) electrons. The summed E-state index contributed by atoms with van der Waals surface area (Å²) in [5.74, 6) is -3.22. The number of amides is 1. The highest BCUT2D eigenvalue weighted by Crippen LogP contribution is 2.46. The van der Waals surface area contributed by atoms with Crippen molar-refractivity contribution in [1.29, 1.82) is 0 Å². The van der Waals surface area contributed by atoms with E-state index in [0.717, 1.165) is 5.56 Å². The van der Waals surface area contributed by atoms with Crippen molar-refractivity contribution in [3.8, 4) is 22.7 Å². The molecule has 0 spiro atoms. The zero-order valence-corrected chi connectivity index (χ0v) is 21.7. The Morgan fingerprint density at radius 3 is 2.18 bits per heavy atom. The third kappa shape index (κ3) is 4.31. The topological polar surface area (TPSA) is 95.9 Å². The van der Waals surface area contributed by atoms with Crippen molar-refractivity contribution in [1.82, 2.24) is 4.57 Å². The van der Waals surface area contributed by atoms with Gasteiger partial charge in [0.25, 0.3) is 0 Å². The number of nitrogens with one attached hydrogen (secondary N) is 1. The van der Waals surface area contributed by atoms with Gasteiger partial charge in [0.1, 0.15) is 17.3 Å². The summed E-state index contributed by atoms with van der Waals surface area (Å²) in [5, 5.41) is 2.77. The van der Waals surface area contributed by atoms with Crippen LogP contribution in [0.5, 0.6) is 5.75 Å². The molecule has 0 fully saturated rings. The Labute approximate surface area is 223 Å². The van der Waals surface area contributed by atoms with Gasteiger partial charge in [-0.25, -0.2) is 14.0 Å². The van der Waals surface area contributed by atoms with Crippen molar-refractivity contribution in [2.24, 2.45) is 0 Å². The first-order valence-corrected chi connectivity index (χ1v) is 12.1. The van der Waals surface area contributed by atoms with Crippen molar-refractivity contribution < 1.29 is 33.0 Å². The first-order valence-electron chi connectivity index (χ1n) is 12.1. The highest BCUT2D eigenvalue weighted by atomic mass is 19.1. The van der Waals surface area contributed by atoms with E-state index < -0.39 is 29.6 Å². The number of aryl methyl sites for hydroxylation is 1. The van der Waals surface area contributed by atoms with Gasteiger partial charge in [-0.3, -0.25) is 4.79 Å². The summed E-state index contributed by atoms with van der Waals surface area (Å²) in [6.07, 6.45) is 0. The fraction of sp³-hybridized carbons (Fsp3) is 0.167. The number of ether oxygens (including phenoxy) is 3. The maximum absolute atomic E-state index is 14.5. The molecule has 0 aliphatic carbocycles. The van der Waals surface area contributed by atoms with Gasteiger partial charge in [0.2, 0.25) is 5.91 Å². The van der Waals surface area contributed by atoms with E-state index in [-0.39, 0.29) is 16.8 Å². The molecular weight excluding hydrogens is 503 g/mol. The van der Waals surface area contributed by atoms with Crippen molar-refractivity contribution in [3.05, 3.63) is 100 Å². The highest BCUT2D eigenvalue weighted by Gasteiger charge is 2.43. The number of methoxy groups -OCH3 is 3. The number of aromatic nitrogens is 1. The molecule has 1 atom stereocenters. The molecule has 4 aromatic rings. The number of carbonyl (C=O) groups excluding carboxylic acids is 3. The van der Waals surface area contributed by atoms with Gasteiger partial charge in [0.05, 0.1) is 38.5 Å². The van der Waals surface area contributed by atoms with Crippen molar-refractivity contribution in [3.63, 3.8) is 0 Å². The molecule has 1 aliphatic heterocycles. The number of hydrogen-bond acceptors (Lipinski definition) is 6. The second-order valence-electron chi connectivity index (χ2n) is 9.02. The molecule has 1 aliphatic rings. The van der Waals surface area contributed by atoms with E-state index in [1.165, 1.54) is 39.5 Å². The first-order chi connectivity index (χ1) is 18.8. The maximum atomic E-state index is 14.5. The number of benzene rings is 3. The first kappa shape index (κ1) is 25.7. The van der Waals surface area contributed by atoms with Crippen LogP contribution in [0.3, 0.4) is 0 Å².